The van der Waals surface area contributed by atoms with Gasteiger partial charge in [-0.15, -0.1) is 0 Å². The van der Waals surface area contributed by atoms with E-state index in [0.717, 1.165) is 30.5 Å². The highest BCUT2D eigenvalue weighted by molar-refractivity contribution is 7.90. The van der Waals surface area contributed by atoms with Gasteiger partial charge in [-0.3, -0.25) is 0 Å². The quantitative estimate of drug-likeness (QED) is 0.808. The van der Waals surface area contributed by atoms with Crippen LogP contribution < -0.4 is 0 Å². The average molecular weight is 301 g/mol. The molecule has 0 fully saturated rings. The summed E-state index contributed by atoms with van der Waals surface area (Å²) in [6, 6.07) is 10.7. The lowest BCUT2D eigenvalue weighted by molar-refractivity contribution is 0.577. The zero-order chi connectivity index (χ0) is 14.9. The molecule has 1 aliphatic rings. The fraction of sp³-hybridized carbons (Fsp3) is 0.294. The summed E-state index contributed by atoms with van der Waals surface area (Å²) >= 11 is 0. The maximum absolute atomic E-state index is 12.8. The van der Waals surface area contributed by atoms with E-state index in [4.69, 9.17) is 0 Å². The second-order valence-electron chi connectivity index (χ2n) is 5.51. The SMILES string of the molecule is Cc1ccc(S(=O)(=O)n2cccc2C2C=CCCC2)cc1. The summed E-state index contributed by atoms with van der Waals surface area (Å²) in [7, 11) is -3.51. The molecule has 1 heterocycles. The van der Waals surface area contributed by atoms with E-state index in [1.807, 2.05) is 31.2 Å². The zero-order valence-corrected chi connectivity index (χ0v) is 12.9. The zero-order valence-electron chi connectivity index (χ0n) is 12.1. The van der Waals surface area contributed by atoms with E-state index in [-0.39, 0.29) is 5.92 Å². The van der Waals surface area contributed by atoms with Crippen molar-refractivity contribution in [1.82, 2.24) is 3.97 Å². The summed E-state index contributed by atoms with van der Waals surface area (Å²) in [5.74, 6) is 0.189. The van der Waals surface area contributed by atoms with Gasteiger partial charge in [-0.25, -0.2) is 12.4 Å². The molecule has 0 radical (unpaired) electrons. The Kier molecular flexibility index (Phi) is 3.72. The maximum atomic E-state index is 12.8. The normalized spacial score (nSPS) is 18.8. The van der Waals surface area contributed by atoms with Crippen molar-refractivity contribution in [1.29, 1.82) is 0 Å². The first-order chi connectivity index (χ1) is 10.1. The number of aryl methyl sites for hydroxylation is 1. The molecule has 0 saturated carbocycles. The summed E-state index contributed by atoms with van der Waals surface area (Å²) in [6.07, 6.45) is 9.11. The van der Waals surface area contributed by atoms with Gasteiger partial charge in [0.05, 0.1) is 4.90 Å². The number of aromatic nitrogens is 1. The first kappa shape index (κ1) is 14.1. The third-order valence-electron chi connectivity index (χ3n) is 3.95. The van der Waals surface area contributed by atoms with Gasteiger partial charge in [-0.05, 0) is 50.5 Å². The van der Waals surface area contributed by atoms with Crippen LogP contribution in [0.15, 0.2) is 59.6 Å². The summed E-state index contributed by atoms with van der Waals surface area (Å²) < 4.78 is 27.0. The van der Waals surface area contributed by atoms with Crippen molar-refractivity contribution in [2.75, 3.05) is 0 Å². The molecule has 1 atom stereocenters. The van der Waals surface area contributed by atoms with Crippen molar-refractivity contribution in [2.24, 2.45) is 0 Å². The van der Waals surface area contributed by atoms with Crippen LogP contribution in [-0.4, -0.2) is 12.4 Å². The lowest BCUT2D eigenvalue weighted by Gasteiger charge is -2.19. The van der Waals surface area contributed by atoms with E-state index in [2.05, 4.69) is 12.2 Å². The van der Waals surface area contributed by atoms with Crippen molar-refractivity contribution in [3.8, 4) is 0 Å². The van der Waals surface area contributed by atoms with E-state index in [1.54, 1.807) is 18.3 Å². The number of hydrogen-bond acceptors (Lipinski definition) is 2. The Hall–Kier alpha value is -1.81. The Morgan fingerprint density at radius 1 is 1.14 bits per heavy atom. The molecule has 21 heavy (non-hydrogen) atoms. The van der Waals surface area contributed by atoms with Crippen molar-refractivity contribution in [2.45, 2.75) is 37.0 Å². The van der Waals surface area contributed by atoms with Crippen molar-refractivity contribution < 1.29 is 8.42 Å². The van der Waals surface area contributed by atoms with Crippen LogP contribution >= 0.6 is 0 Å². The Bertz CT molecular complexity index is 754. The molecule has 3 rings (SSSR count). The predicted octanol–water partition coefficient (Wildman–Crippen LogP) is 3.86. The number of benzene rings is 1. The maximum Gasteiger partial charge on any atom is 0.267 e. The van der Waals surface area contributed by atoms with Gasteiger partial charge in [0.15, 0.2) is 0 Å². The van der Waals surface area contributed by atoms with E-state index in [0.29, 0.717) is 4.90 Å². The second kappa shape index (κ2) is 5.53. The minimum Gasteiger partial charge on any atom is -0.245 e. The Morgan fingerprint density at radius 2 is 1.90 bits per heavy atom. The molecule has 110 valence electrons. The average Bonchev–Trinajstić information content (AvgIpc) is 2.99. The van der Waals surface area contributed by atoms with Gasteiger partial charge < -0.3 is 0 Å². The molecule has 0 spiro atoms. The molecule has 0 bridgehead atoms. The number of hydrogen-bond donors (Lipinski definition) is 0. The summed E-state index contributed by atoms with van der Waals surface area (Å²) in [5.41, 5.74) is 1.91. The highest BCUT2D eigenvalue weighted by Crippen LogP contribution is 2.30. The highest BCUT2D eigenvalue weighted by Gasteiger charge is 2.23. The van der Waals surface area contributed by atoms with Crippen molar-refractivity contribution in [3.05, 3.63) is 66.0 Å². The van der Waals surface area contributed by atoms with Crippen LogP contribution in [0.2, 0.25) is 0 Å². The van der Waals surface area contributed by atoms with Crippen LogP contribution in [0.25, 0.3) is 0 Å². The fourth-order valence-electron chi connectivity index (χ4n) is 2.77. The minimum absolute atomic E-state index is 0.189. The van der Waals surface area contributed by atoms with Gasteiger partial charge in [-0.1, -0.05) is 29.8 Å². The molecule has 0 N–H and O–H groups in total. The topological polar surface area (TPSA) is 39.1 Å². The van der Waals surface area contributed by atoms with Crippen LogP contribution in [-0.2, 0) is 10.0 Å². The number of nitrogens with zero attached hydrogens (tertiary/aromatic N) is 1. The van der Waals surface area contributed by atoms with Crippen LogP contribution in [0.5, 0.6) is 0 Å². The van der Waals surface area contributed by atoms with Gasteiger partial charge in [0, 0.05) is 17.8 Å². The lowest BCUT2D eigenvalue weighted by Crippen LogP contribution is -2.17. The molecule has 4 heteroatoms. The van der Waals surface area contributed by atoms with Crippen molar-refractivity contribution in [3.63, 3.8) is 0 Å². The first-order valence-electron chi connectivity index (χ1n) is 7.25. The number of allylic oxidation sites excluding steroid dienone is 2. The molecule has 1 aliphatic carbocycles. The third-order valence-corrected chi connectivity index (χ3v) is 5.67. The fourth-order valence-corrected chi connectivity index (χ4v) is 4.18. The van der Waals surface area contributed by atoms with Gasteiger partial charge in [0.2, 0.25) is 0 Å². The smallest absolute Gasteiger partial charge is 0.245 e. The largest absolute Gasteiger partial charge is 0.267 e. The van der Waals surface area contributed by atoms with Gasteiger partial charge in [-0.2, -0.15) is 0 Å². The van der Waals surface area contributed by atoms with E-state index in [9.17, 15) is 8.42 Å². The van der Waals surface area contributed by atoms with Crippen LogP contribution in [0, 0.1) is 6.92 Å². The molecular weight excluding hydrogens is 282 g/mol. The molecular formula is C17H19NO2S. The lowest BCUT2D eigenvalue weighted by atomic mass is 9.93. The number of rotatable bonds is 3. The minimum atomic E-state index is -3.51. The Labute approximate surface area is 126 Å². The van der Waals surface area contributed by atoms with Gasteiger partial charge in [0.1, 0.15) is 0 Å². The molecule has 2 aromatic rings. The molecule has 0 saturated heterocycles. The van der Waals surface area contributed by atoms with E-state index in [1.165, 1.54) is 3.97 Å². The van der Waals surface area contributed by atoms with Gasteiger partial charge >= 0.3 is 0 Å². The molecule has 0 amide bonds. The third kappa shape index (κ3) is 2.68. The molecule has 3 nitrogen and oxygen atoms in total. The molecule has 1 aromatic carbocycles. The second-order valence-corrected chi connectivity index (χ2v) is 7.33. The van der Waals surface area contributed by atoms with Crippen molar-refractivity contribution >= 4 is 10.0 Å². The predicted molar refractivity (Wildman–Crippen MR) is 83.9 cm³/mol. The Morgan fingerprint density at radius 3 is 2.57 bits per heavy atom. The van der Waals surface area contributed by atoms with E-state index >= 15 is 0 Å². The Balaban J connectivity index is 2.04. The summed E-state index contributed by atoms with van der Waals surface area (Å²) in [5, 5.41) is 0. The highest BCUT2D eigenvalue weighted by atomic mass is 32.2. The summed E-state index contributed by atoms with van der Waals surface area (Å²) in [6.45, 7) is 1.95. The molecule has 0 aliphatic heterocycles. The molecule has 1 unspecified atom stereocenters. The van der Waals surface area contributed by atoms with Gasteiger partial charge in [0.25, 0.3) is 10.0 Å². The standard InChI is InChI=1S/C17H19NO2S/c1-14-9-11-16(12-10-14)21(19,20)18-13-5-8-17(18)15-6-3-2-4-7-15/h3,5-6,8-13,15H,2,4,7H2,1H3. The summed E-state index contributed by atoms with van der Waals surface area (Å²) in [4.78, 5) is 0.338. The van der Waals surface area contributed by atoms with Crippen LogP contribution in [0.3, 0.4) is 0 Å². The van der Waals surface area contributed by atoms with Crippen LogP contribution in [0.1, 0.15) is 36.4 Å². The van der Waals surface area contributed by atoms with Crippen LogP contribution in [0.4, 0.5) is 0 Å². The monoisotopic (exact) mass is 301 g/mol. The molecule has 1 aromatic heterocycles. The first-order valence-corrected chi connectivity index (χ1v) is 8.69. The van der Waals surface area contributed by atoms with E-state index < -0.39 is 10.0 Å².